The predicted octanol–water partition coefficient (Wildman–Crippen LogP) is 1.84. The van der Waals surface area contributed by atoms with Crippen LogP contribution in [-0.2, 0) is 23.9 Å². The molecule has 12 heteroatoms. The Labute approximate surface area is 192 Å². The second-order valence-corrected chi connectivity index (χ2v) is 8.64. The third-order valence-corrected chi connectivity index (χ3v) is 6.80. The summed E-state index contributed by atoms with van der Waals surface area (Å²) in [6.45, 7) is 5.94. The van der Waals surface area contributed by atoms with Gasteiger partial charge < -0.3 is 10.4 Å². The van der Waals surface area contributed by atoms with Crippen LogP contribution in [-0.4, -0.2) is 45.3 Å². The minimum atomic E-state index is -1.22. The van der Waals surface area contributed by atoms with Crippen molar-refractivity contribution in [2.24, 2.45) is 0 Å². The zero-order chi connectivity index (χ0) is 24.1. The molecule has 0 saturated carbocycles. The van der Waals surface area contributed by atoms with Crippen LogP contribution in [0.4, 0.5) is 4.39 Å². The molecule has 1 aliphatic rings. The standard InChI is InChI=1S/C19H19FN6O4S.C2H6/c1-2-14-17-24-15(16(27)19(29)25(17)5-6-31(14)30)18(28)22-8-11-3-4-12(20)7-13(11)26-10-21-9-23-26;1-2/h3-4,7,9-10,14,27H,2,5-6,8H2,1H3,(H,22,28);1-2H3. The summed E-state index contributed by atoms with van der Waals surface area (Å²) in [5.74, 6) is -1.52. The summed E-state index contributed by atoms with van der Waals surface area (Å²) in [7, 11) is -1.22. The van der Waals surface area contributed by atoms with Gasteiger partial charge in [-0.05, 0) is 24.1 Å². The number of carbonyl (C=O) groups excluding carboxylic acids is 1. The first-order valence-corrected chi connectivity index (χ1v) is 11.9. The summed E-state index contributed by atoms with van der Waals surface area (Å²) in [5, 5.41) is 16.3. The van der Waals surface area contributed by atoms with Crippen molar-refractivity contribution in [2.75, 3.05) is 5.75 Å². The van der Waals surface area contributed by atoms with Crippen LogP contribution >= 0.6 is 0 Å². The maximum Gasteiger partial charge on any atom is 0.296 e. The zero-order valence-corrected chi connectivity index (χ0v) is 19.3. The van der Waals surface area contributed by atoms with Crippen molar-refractivity contribution in [1.29, 1.82) is 0 Å². The number of aromatic nitrogens is 5. The number of nitrogens with one attached hydrogen (secondary N) is 1. The van der Waals surface area contributed by atoms with Gasteiger partial charge in [-0.3, -0.25) is 18.4 Å². The summed E-state index contributed by atoms with van der Waals surface area (Å²) in [6, 6.07) is 3.97. The minimum Gasteiger partial charge on any atom is -0.501 e. The number of hydrogen-bond acceptors (Lipinski definition) is 7. The van der Waals surface area contributed by atoms with Crippen molar-refractivity contribution in [1.82, 2.24) is 29.6 Å². The average Bonchev–Trinajstić information content (AvgIpc) is 3.36. The van der Waals surface area contributed by atoms with Crippen LogP contribution in [0.5, 0.6) is 5.75 Å². The number of hydrogen-bond donors (Lipinski definition) is 2. The number of nitrogens with zero attached hydrogens (tertiary/aromatic N) is 5. The molecule has 0 aliphatic carbocycles. The van der Waals surface area contributed by atoms with Gasteiger partial charge in [0, 0.05) is 29.6 Å². The molecule has 33 heavy (non-hydrogen) atoms. The SMILES string of the molecule is CC.CCC1c2nc(C(=O)NCc3ccc(F)cc3-n3cncn3)c(O)c(=O)n2CCS1=O. The van der Waals surface area contributed by atoms with Gasteiger partial charge in [-0.15, -0.1) is 0 Å². The maximum absolute atomic E-state index is 13.7. The predicted molar refractivity (Wildman–Crippen MR) is 120 cm³/mol. The van der Waals surface area contributed by atoms with Gasteiger partial charge in [-0.25, -0.2) is 19.0 Å². The van der Waals surface area contributed by atoms with Crippen LogP contribution in [0.3, 0.4) is 0 Å². The first-order valence-electron chi connectivity index (χ1n) is 10.5. The highest BCUT2D eigenvalue weighted by atomic mass is 32.2. The number of aromatic hydroxyl groups is 1. The molecule has 0 bridgehead atoms. The lowest BCUT2D eigenvalue weighted by Crippen LogP contribution is -2.37. The fraction of sp³-hybridized carbons (Fsp3) is 0.381. The molecule has 2 unspecified atom stereocenters. The molecule has 1 aromatic carbocycles. The second-order valence-electron chi connectivity index (χ2n) is 6.90. The lowest BCUT2D eigenvalue weighted by atomic mass is 10.1. The van der Waals surface area contributed by atoms with Crippen LogP contribution in [0.1, 0.15) is 54.3 Å². The topological polar surface area (TPSA) is 132 Å². The summed E-state index contributed by atoms with van der Waals surface area (Å²) < 4.78 is 28.6. The number of carbonyl (C=O) groups is 1. The van der Waals surface area contributed by atoms with E-state index in [9.17, 15) is 23.3 Å². The summed E-state index contributed by atoms with van der Waals surface area (Å²) in [4.78, 5) is 33.3. The number of amides is 1. The summed E-state index contributed by atoms with van der Waals surface area (Å²) >= 11 is 0. The zero-order valence-electron chi connectivity index (χ0n) is 18.5. The van der Waals surface area contributed by atoms with Crippen LogP contribution in [0, 0.1) is 5.82 Å². The second kappa shape index (κ2) is 10.5. The third-order valence-electron chi connectivity index (χ3n) is 5.03. The van der Waals surface area contributed by atoms with Crippen molar-refractivity contribution in [2.45, 2.75) is 45.5 Å². The molecule has 2 aromatic heterocycles. The monoisotopic (exact) mass is 476 g/mol. The summed E-state index contributed by atoms with van der Waals surface area (Å²) in [5.41, 5.74) is -0.266. The van der Waals surface area contributed by atoms with Crippen molar-refractivity contribution >= 4 is 16.7 Å². The molecule has 2 N–H and O–H groups in total. The van der Waals surface area contributed by atoms with E-state index in [4.69, 9.17) is 0 Å². The quantitative estimate of drug-likeness (QED) is 0.574. The molecule has 0 fully saturated rings. The molecule has 3 heterocycles. The Balaban J connectivity index is 0.00000149. The summed E-state index contributed by atoms with van der Waals surface area (Å²) in [6.07, 6.45) is 3.16. The van der Waals surface area contributed by atoms with E-state index in [1.165, 1.54) is 40.1 Å². The van der Waals surface area contributed by atoms with Crippen LogP contribution < -0.4 is 10.9 Å². The molecule has 3 aromatic rings. The highest BCUT2D eigenvalue weighted by molar-refractivity contribution is 7.85. The molecule has 1 aliphatic heterocycles. The highest BCUT2D eigenvalue weighted by Gasteiger charge is 2.31. The Morgan fingerprint density at radius 2 is 2.12 bits per heavy atom. The van der Waals surface area contributed by atoms with Crippen LogP contribution in [0.15, 0.2) is 35.6 Å². The van der Waals surface area contributed by atoms with Crippen LogP contribution in [0.2, 0.25) is 0 Å². The molecule has 2 atom stereocenters. The average molecular weight is 477 g/mol. The van der Waals surface area contributed by atoms with E-state index in [-0.39, 0.29) is 24.7 Å². The maximum atomic E-state index is 13.7. The Bertz CT molecular complexity index is 1230. The number of benzene rings is 1. The molecule has 0 saturated heterocycles. The van der Waals surface area contributed by atoms with Gasteiger partial charge >= 0.3 is 0 Å². The molecule has 1 amide bonds. The number of fused-ring (bicyclic) bond motifs is 1. The van der Waals surface area contributed by atoms with Gasteiger partial charge in [0.2, 0.25) is 5.75 Å². The largest absolute Gasteiger partial charge is 0.501 e. The first kappa shape index (κ1) is 24.2. The van der Waals surface area contributed by atoms with Gasteiger partial charge in [-0.1, -0.05) is 26.8 Å². The minimum absolute atomic E-state index is 0.0447. The number of halogens is 1. The van der Waals surface area contributed by atoms with Crippen molar-refractivity contribution in [3.05, 3.63) is 64.1 Å². The van der Waals surface area contributed by atoms with Gasteiger partial charge in [0.25, 0.3) is 11.5 Å². The molecule has 4 rings (SSSR count). The molecular formula is C21H25FN6O4S. The van der Waals surface area contributed by atoms with E-state index < -0.39 is 44.8 Å². The molecule has 0 spiro atoms. The van der Waals surface area contributed by atoms with Crippen molar-refractivity contribution in [3.63, 3.8) is 0 Å². The number of rotatable bonds is 5. The van der Waals surface area contributed by atoms with Crippen molar-refractivity contribution < 1.29 is 18.5 Å². The highest BCUT2D eigenvalue weighted by Crippen LogP contribution is 2.27. The normalized spacial score (nSPS) is 17.0. The van der Waals surface area contributed by atoms with Gasteiger partial charge in [0.15, 0.2) is 5.69 Å². The van der Waals surface area contributed by atoms with Crippen LogP contribution in [0.25, 0.3) is 5.69 Å². The molecule has 10 nitrogen and oxygen atoms in total. The van der Waals surface area contributed by atoms with E-state index >= 15 is 0 Å². The van der Waals surface area contributed by atoms with Gasteiger partial charge in [0.1, 0.15) is 24.3 Å². The molecular weight excluding hydrogens is 451 g/mol. The van der Waals surface area contributed by atoms with E-state index in [1.807, 2.05) is 20.8 Å². The van der Waals surface area contributed by atoms with Crippen molar-refractivity contribution in [3.8, 4) is 11.4 Å². The fourth-order valence-corrected chi connectivity index (χ4v) is 4.92. The first-order chi connectivity index (χ1) is 15.9. The smallest absolute Gasteiger partial charge is 0.296 e. The van der Waals surface area contributed by atoms with Gasteiger partial charge in [-0.2, -0.15) is 5.10 Å². The van der Waals surface area contributed by atoms with Gasteiger partial charge in [0.05, 0.1) is 10.9 Å². The molecule has 176 valence electrons. The Kier molecular flexibility index (Phi) is 7.69. The van der Waals surface area contributed by atoms with E-state index in [1.54, 1.807) is 0 Å². The lowest BCUT2D eigenvalue weighted by molar-refractivity contribution is 0.0941. The Hall–Kier alpha value is -3.41. The van der Waals surface area contributed by atoms with E-state index in [0.29, 0.717) is 17.7 Å². The Morgan fingerprint density at radius 1 is 1.36 bits per heavy atom. The van der Waals surface area contributed by atoms with E-state index in [2.05, 4.69) is 20.4 Å². The fourth-order valence-electron chi connectivity index (χ4n) is 3.48. The lowest BCUT2D eigenvalue weighted by Gasteiger charge is -2.25. The Morgan fingerprint density at radius 3 is 2.79 bits per heavy atom. The van der Waals surface area contributed by atoms with E-state index in [0.717, 1.165) is 0 Å². The third kappa shape index (κ3) is 4.85. The molecule has 0 radical (unpaired) electrons.